The summed E-state index contributed by atoms with van der Waals surface area (Å²) in [7, 11) is 0. The van der Waals surface area contributed by atoms with Crippen molar-refractivity contribution >= 4 is 29.0 Å². The summed E-state index contributed by atoms with van der Waals surface area (Å²) in [4.78, 5) is 26.1. The Labute approximate surface area is 247 Å². The van der Waals surface area contributed by atoms with Crippen molar-refractivity contribution in [2.75, 3.05) is 19.6 Å². The summed E-state index contributed by atoms with van der Waals surface area (Å²) in [5.41, 5.74) is 8.96. The lowest BCUT2D eigenvalue weighted by Gasteiger charge is -2.25. The molecule has 0 bridgehead atoms. The molecule has 1 heterocycles. The molecule has 0 aliphatic heterocycles. The van der Waals surface area contributed by atoms with Gasteiger partial charge in [-0.2, -0.15) is 0 Å². The van der Waals surface area contributed by atoms with Gasteiger partial charge in [0.15, 0.2) is 5.76 Å². The molecule has 0 saturated heterocycles. The molecule has 1 aliphatic rings. The van der Waals surface area contributed by atoms with E-state index in [2.05, 4.69) is 40.2 Å². The molecule has 0 fully saturated rings. The average molecular weight is 575 g/mol. The Balaban J connectivity index is 1.32. The fraction of sp³-hybridized carbons (Fsp3) is 0.333. The summed E-state index contributed by atoms with van der Waals surface area (Å²) >= 11 is 6.10. The number of allylic oxidation sites excluding steroid dienone is 4. The minimum atomic E-state index is -0.441. The van der Waals surface area contributed by atoms with Gasteiger partial charge in [0.25, 0.3) is 5.91 Å². The first kappa shape index (κ1) is 30.3. The van der Waals surface area contributed by atoms with Crippen molar-refractivity contribution in [3.8, 4) is 0 Å². The molecule has 2 aromatic carbocycles. The third kappa shape index (κ3) is 8.92. The largest absolute Gasteiger partial charge is 0.451 e. The number of hydrogen-bond donors (Lipinski definition) is 4. The minimum absolute atomic E-state index is 0.0182. The van der Waals surface area contributed by atoms with E-state index in [1.807, 2.05) is 61.5 Å². The first-order valence-corrected chi connectivity index (χ1v) is 14.6. The van der Waals surface area contributed by atoms with Crippen LogP contribution in [0.3, 0.4) is 0 Å². The number of alkyl halides is 1. The molecule has 216 valence electrons. The molecule has 41 heavy (non-hydrogen) atoms. The zero-order valence-electron chi connectivity index (χ0n) is 23.4. The topological polar surface area (TPSA) is 109 Å². The van der Waals surface area contributed by atoms with Gasteiger partial charge in [0.2, 0.25) is 5.91 Å². The molecule has 2 unspecified atom stereocenters. The fourth-order valence-electron chi connectivity index (χ4n) is 4.86. The van der Waals surface area contributed by atoms with Gasteiger partial charge in [-0.3, -0.25) is 9.59 Å². The zero-order chi connectivity index (χ0) is 29.0. The van der Waals surface area contributed by atoms with Gasteiger partial charge in [-0.05, 0) is 56.0 Å². The van der Waals surface area contributed by atoms with Crippen LogP contribution < -0.4 is 21.7 Å². The van der Waals surface area contributed by atoms with Crippen molar-refractivity contribution in [3.63, 3.8) is 0 Å². The number of amides is 2. The molecule has 1 aromatic heterocycles. The van der Waals surface area contributed by atoms with Gasteiger partial charge in [-0.1, -0.05) is 78.9 Å². The maximum Gasteiger partial charge on any atom is 0.287 e. The first-order valence-electron chi connectivity index (χ1n) is 14.2. The predicted molar refractivity (Wildman–Crippen MR) is 165 cm³/mol. The number of rotatable bonds is 14. The summed E-state index contributed by atoms with van der Waals surface area (Å²) in [5, 5.41) is 9.42. The van der Waals surface area contributed by atoms with E-state index >= 15 is 0 Å². The van der Waals surface area contributed by atoms with Gasteiger partial charge >= 0.3 is 0 Å². The van der Waals surface area contributed by atoms with Gasteiger partial charge in [0, 0.05) is 30.6 Å². The summed E-state index contributed by atoms with van der Waals surface area (Å²) in [6.07, 6.45) is 7.83. The molecule has 8 heteroatoms. The Morgan fingerprint density at radius 1 is 0.976 bits per heavy atom. The van der Waals surface area contributed by atoms with Crippen molar-refractivity contribution in [2.24, 2.45) is 5.73 Å². The highest BCUT2D eigenvalue weighted by atomic mass is 35.5. The lowest BCUT2D eigenvalue weighted by Crippen LogP contribution is -2.51. The molecular weight excluding hydrogens is 536 g/mol. The van der Waals surface area contributed by atoms with Gasteiger partial charge < -0.3 is 26.1 Å². The Morgan fingerprint density at radius 2 is 1.66 bits per heavy atom. The number of nitrogens with two attached hydrogens (primary N) is 1. The second kappa shape index (κ2) is 15.4. The van der Waals surface area contributed by atoms with Crippen LogP contribution in [0.4, 0.5) is 0 Å². The maximum atomic E-state index is 13.3. The molecule has 2 amide bonds. The van der Waals surface area contributed by atoms with E-state index in [1.165, 1.54) is 0 Å². The molecule has 4 rings (SSSR count). The lowest BCUT2D eigenvalue weighted by molar-refractivity contribution is -0.123. The number of benzene rings is 2. The van der Waals surface area contributed by atoms with Crippen LogP contribution in [-0.4, -0.2) is 48.9 Å². The Hall–Kier alpha value is -3.65. The molecular formula is C33H39ClN4O3. The van der Waals surface area contributed by atoms with E-state index < -0.39 is 6.04 Å². The summed E-state index contributed by atoms with van der Waals surface area (Å²) in [6.45, 7) is 3.23. The van der Waals surface area contributed by atoms with Crippen LogP contribution in [0.5, 0.6) is 0 Å². The smallest absolute Gasteiger partial charge is 0.287 e. The van der Waals surface area contributed by atoms with E-state index in [0.29, 0.717) is 38.2 Å². The second-order valence-electron chi connectivity index (χ2n) is 10.3. The quantitative estimate of drug-likeness (QED) is 0.203. The van der Waals surface area contributed by atoms with Gasteiger partial charge in [-0.25, -0.2) is 0 Å². The molecule has 3 atom stereocenters. The first-order chi connectivity index (χ1) is 19.9. The monoisotopic (exact) mass is 574 g/mol. The van der Waals surface area contributed by atoms with Crippen molar-refractivity contribution < 1.29 is 14.0 Å². The van der Waals surface area contributed by atoms with E-state index in [-0.39, 0.29) is 34.9 Å². The Morgan fingerprint density at radius 3 is 2.27 bits per heavy atom. The second-order valence-corrected chi connectivity index (χ2v) is 10.9. The number of carbonyl (C=O) groups is 2. The molecule has 1 aliphatic carbocycles. The normalized spacial score (nSPS) is 16.2. The Kier molecular flexibility index (Phi) is 11.4. The predicted octanol–water partition coefficient (Wildman–Crippen LogP) is 4.99. The van der Waals surface area contributed by atoms with Crippen LogP contribution in [0.25, 0.3) is 5.57 Å². The average Bonchev–Trinajstić information content (AvgIpc) is 3.50. The SMILES string of the molecule is CC(CNC(=O)c1ccc(C2=CCC(Cl)C=C2)o1)N[C@@H](CCCN)C(=O)NCC(c1ccccc1)c1ccccc1. The minimum Gasteiger partial charge on any atom is -0.451 e. The highest BCUT2D eigenvalue weighted by Crippen LogP contribution is 2.26. The lowest BCUT2D eigenvalue weighted by atomic mass is 9.91. The van der Waals surface area contributed by atoms with Crippen LogP contribution in [0, 0.1) is 0 Å². The molecule has 3 aromatic rings. The number of nitrogens with one attached hydrogen (secondary N) is 3. The maximum absolute atomic E-state index is 13.3. The van der Waals surface area contributed by atoms with E-state index in [4.69, 9.17) is 21.8 Å². The molecule has 7 nitrogen and oxygen atoms in total. The molecule has 5 N–H and O–H groups in total. The van der Waals surface area contributed by atoms with Gasteiger partial charge in [0.05, 0.1) is 11.4 Å². The standard InChI is InChI=1S/C33H39ClN4O3/c1-23(21-36-33(40)31-19-18-30(41-31)26-14-16-27(34)17-15-26)38-29(13-8-20-35)32(39)37-22-28(24-9-4-2-5-10-24)25-11-6-3-7-12-25/h2-7,9-12,14-16,18-19,23,27-29,38H,8,13,17,20-22,35H2,1H3,(H,36,40)(H,37,39)/t23?,27?,29-/m0/s1. The van der Waals surface area contributed by atoms with Crippen LogP contribution in [-0.2, 0) is 4.79 Å². The summed E-state index contributed by atoms with van der Waals surface area (Å²) < 4.78 is 5.78. The van der Waals surface area contributed by atoms with Gasteiger partial charge in [0.1, 0.15) is 5.76 Å². The molecule has 0 saturated carbocycles. The number of hydrogen-bond acceptors (Lipinski definition) is 5. The third-order valence-electron chi connectivity index (χ3n) is 7.11. The van der Waals surface area contributed by atoms with E-state index in [1.54, 1.807) is 12.1 Å². The van der Waals surface area contributed by atoms with Crippen LogP contribution in [0.1, 0.15) is 59.5 Å². The van der Waals surface area contributed by atoms with Crippen molar-refractivity contribution in [1.82, 2.24) is 16.0 Å². The van der Waals surface area contributed by atoms with Crippen LogP contribution in [0.15, 0.2) is 95.4 Å². The Bertz CT molecular complexity index is 1280. The molecule has 0 spiro atoms. The summed E-state index contributed by atoms with van der Waals surface area (Å²) in [5.74, 6) is 0.501. The fourth-order valence-corrected chi connectivity index (χ4v) is 5.03. The van der Waals surface area contributed by atoms with E-state index in [0.717, 1.165) is 23.1 Å². The van der Waals surface area contributed by atoms with Crippen LogP contribution >= 0.6 is 11.6 Å². The van der Waals surface area contributed by atoms with Crippen molar-refractivity contribution in [2.45, 2.75) is 49.6 Å². The highest BCUT2D eigenvalue weighted by molar-refractivity contribution is 6.22. The van der Waals surface area contributed by atoms with Gasteiger partial charge in [-0.15, -0.1) is 11.6 Å². The van der Waals surface area contributed by atoms with Crippen LogP contribution in [0.2, 0.25) is 0 Å². The number of furan rings is 1. The van der Waals surface area contributed by atoms with Crippen molar-refractivity contribution in [3.05, 3.63) is 114 Å². The highest BCUT2D eigenvalue weighted by Gasteiger charge is 2.23. The van der Waals surface area contributed by atoms with Crippen molar-refractivity contribution in [1.29, 1.82) is 0 Å². The molecule has 0 radical (unpaired) electrons. The number of halogens is 1. The number of carbonyl (C=O) groups excluding carboxylic acids is 2. The third-order valence-corrected chi connectivity index (χ3v) is 7.44. The van der Waals surface area contributed by atoms with E-state index in [9.17, 15) is 9.59 Å². The summed E-state index contributed by atoms with van der Waals surface area (Å²) in [6, 6.07) is 23.2. The zero-order valence-corrected chi connectivity index (χ0v) is 24.1.